The molecule has 0 bridgehead atoms. The van der Waals surface area contributed by atoms with Gasteiger partial charge >= 0.3 is 0 Å². The van der Waals surface area contributed by atoms with Gasteiger partial charge in [-0.3, -0.25) is 0 Å². The number of hydrogen-bond acceptors (Lipinski definition) is 2. The van der Waals surface area contributed by atoms with Gasteiger partial charge in [0.05, 0.1) is 6.20 Å². The van der Waals surface area contributed by atoms with Gasteiger partial charge in [-0.15, -0.1) is 5.10 Å². The van der Waals surface area contributed by atoms with E-state index < -0.39 is 0 Å². The average Bonchev–Trinajstić information content (AvgIpc) is 1.69. The first-order chi connectivity index (χ1) is 3.39. The number of nitrogens with zero attached hydrogens (tertiary/aromatic N) is 2. The first-order valence-corrected chi connectivity index (χ1v) is 2.05. The molecule has 0 amide bonds. The Kier molecular flexibility index (Phi) is 1.02. The van der Waals surface area contributed by atoms with E-state index in [1.807, 2.05) is 6.92 Å². The van der Waals surface area contributed by atoms with Crippen molar-refractivity contribution in [2.24, 2.45) is 0 Å². The third-order valence-electron chi connectivity index (χ3n) is 0.669. The molecule has 1 rings (SSSR count). The predicted octanol–water partition coefficient (Wildman–Crippen LogP) is 0.585. The Balaban J connectivity index is 3.02. The summed E-state index contributed by atoms with van der Waals surface area (Å²) in [6, 6.07) is 1.78. The third kappa shape index (κ3) is 0.961. The number of aryl methyl sites for hydroxylation is 1. The zero-order valence-electron chi connectivity index (χ0n) is 4.05. The summed E-state index contributed by atoms with van der Waals surface area (Å²) in [6.45, 7) is 1.95. The monoisotopic (exact) mass is 93.0 g/mol. The lowest BCUT2D eigenvalue weighted by atomic mass is 10.4. The van der Waals surface area contributed by atoms with Crippen LogP contribution in [0.25, 0.3) is 0 Å². The Hall–Kier alpha value is -0.920. The first kappa shape index (κ1) is 4.24. The van der Waals surface area contributed by atoms with Crippen molar-refractivity contribution in [1.82, 2.24) is 10.2 Å². The quantitative estimate of drug-likeness (QED) is 0.469. The Labute approximate surface area is 42.2 Å². The van der Waals surface area contributed by atoms with Crippen LogP contribution in [0.3, 0.4) is 0 Å². The molecule has 0 saturated heterocycles. The molecule has 1 aromatic rings. The van der Waals surface area contributed by atoms with Gasteiger partial charge in [0.25, 0.3) is 0 Å². The van der Waals surface area contributed by atoms with E-state index in [1.54, 1.807) is 12.3 Å². The lowest BCUT2D eigenvalue weighted by Crippen LogP contribution is -1.77. The second kappa shape index (κ2) is 1.69. The van der Waals surface area contributed by atoms with Crippen LogP contribution < -0.4 is 0 Å². The van der Waals surface area contributed by atoms with Crippen LogP contribution in [0.4, 0.5) is 0 Å². The maximum absolute atomic E-state index is 3.58. The molecule has 0 N–H and O–H groups in total. The highest BCUT2D eigenvalue weighted by atomic mass is 15.1. The molecule has 1 radical (unpaired) electrons. The van der Waals surface area contributed by atoms with Crippen molar-refractivity contribution in [3.8, 4) is 0 Å². The van der Waals surface area contributed by atoms with E-state index in [0.29, 0.717) is 0 Å². The van der Waals surface area contributed by atoms with E-state index in [2.05, 4.69) is 16.4 Å². The Morgan fingerprint density at radius 2 is 2.57 bits per heavy atom. The van der Waals surface area contributed by atoms with Crippen molar-refractivity contribution in [1.29, 1.82) is 0 Å². The molecule has 35 valence electrons. The molecule has 0 aliphatic heterocycles. The molecule has 2 heteroatoms. The van der Waals surface area contributed by atoms with Crippen LogP contribution in [0.15, 0.2) is 12.3 Å². The normalized spacial score (nSPS) is 8.71. The van der Waals surface area contributed by atoms with Crippen LogP contribution in [0.2, 0.25) is 0 Å². The van der Waals surface area contributed by atoms with Crippen molar-refractivity contribution in [2.45, 2.75) is 6.92 Å². The minimum atomic E-state index is 1.09. The van der Waals surface area contributed by atoms with Crippen LogP contribution in [-0.4, -0.2) is 10.2 Å². The van der Waals surface area contributed by atoms with E-state index >= 15 is 0 Å². The van der Waals surface area contributed by atoms with Crippen LogP contribution in [0, 0.1) is 13.1 Å². The smallest absolute Gasteiger partial charge is 0.113 e. The fourth-order valence-corrected chi connectivity index (χ4v) is 0.321. The van der Waals surface area contributed by atoms with Crippen LogP contribution in [0.5, 0.6) is 0 Å². The van der Waals surface area contributed by atoms with Crippen molar-refractivity contribution in [2.75, 3.05) is 0 Å². The molecule has 1 aromatic heterocycles. The SMILES string of the molecule is Cc1c[c]nnc1. The van der Waals surface area contributed by atoms with E-state index in [4.69, 9.17) is 0 Å². The lowest BCUT2D eigenvalue weighted by Gasteiger charge is -1.80. The maximum atomic E-state index is 3.58. The molecule has 0 atom stereocenters. The fourth-order valence-electron chi connectivity index (χ4n) is 0.321. The number of hydrogen-bond donors (Lipinski definition) is 0. The Morgan fingerprint density at radius 1 is 1.71 bits per heavy atom. The van der Waals surface area contributed by atoms with Gasteiger partial charge in [-0.05, 0) is 18.6 Å². The lowest BCUT2D eigenvalue weighted by molar-refractivity contribution is 1.01. The standard InChI is InChI=1S/C5H5N2/c1-5-2-3-6-7-4-5/h2,4H,1H3. The third-order valence-corrected chi connectivity index (χ3v) is 0.669. The van der Waals surface area contributed by atoms with Crippen LogP contribution in [-0.2, 0) is 0 Å². The summed E-state index contributed by atoms with van der Waals surface area (Å²) in [5, 5.41) is 7.05. The van der Waals surface area contributed by atoms with E-state index in [0.717, 1.165) is 5.56 Å². The number of rotatable bonds is 0. The average molecular weight is 93.1 g/mol. The number of aromatic nitrogens is 2. The molecule has 0 saturated carbocycles. The van der Waals surface area contributed by atoms with E-state index in [9.17, 15) is 0 Å². The van der Waals surface area contributed by atoms with Gasteiger partial charge in [0.2, 0.25) is 0 Å². The van der Waals surface area contributed by atoms with Gasteiger partial charge in [0.1, 0.15) is 6.20 Å². The zero-order chi connectivity index (χ0) is 5.11. The minimum absolute atomic E-state index is 1.09. The second-order valence-corrected chi connectivity index (χ2v) is 1.36. The van der Waals surface area contributed by atoms with Crippen molar-refractivity contribution in [3.63, 3.8) is 0 Å². The molecule has 0 spiro atoms. The highest BCUT2D eigenvalue weighted by Gasteiger charge is 1.75. The summed E-state index contributed by atoms with van der Waals surface area (Å²) >= 11 is 0. The summed E-state index contributed by atoms with van der Waals surface area (Å²) < 4.78 is 0. The van der Waals surface area contributed by atoms with E-state index in [-0.39, 0.29) is 0 Å². The van der Waals surface area contributed by atoms with Crippen molar-refractivity contribution >= 4 is 0 Å². The molecule has 2 nitrogen and oxygen atoms in total. The molecule has 7 heavy (non-hydrogen) atoms. The fraction of sp³-hybridized carbons (Fsp3) is 0.200. The van der Waals surface area contributed by atoms with Crippen molar-refractivity contribution in [3.05, 3.63) is 24.0 Å². The molecule has 1 heterocycles. The molecular weight excluding hydrogens is 88.1 g/mol. The minimum Gasteiger partial charge on any atom is -0.158 e. The maximum Gasteiger partial charge on any atom is 0.113 e. The van der Waals surface area contributed by atoms with Gasteiger partial charge < -0.3 is 0 Å². The summed E-state index contributed by atoms with van der Waals surface area (Å²) in [4.78, 5) is 0. The zero-order valence-corrected chi connectivity index (χ0v) is 4.05. The van der Waals surface area contributed by atoms with E-state index in [1.165, 1.54) is 0 Å². The summed E-state index contributed by atoms with van der Waals surface area (Å²) in [7, 11) is 0. The second-order valence-electron chi connectivity index (χ2n) is 1.36. The summed E-state index contributed by atoms with van der Waals surface area (Å²) in [6.07, 6.45) is 4.29. The first-order valence-electron chi connectivity index (χ1n) is 2.05. The molecular formula is C5H5N2. The predicted molar refractivity (Wildman–Crippen MR) is 25.6 cm³/mol. The molecule has 0 aromatic carbocycles. The van der Waals surface area contributed by atoms with Crippen LogP contribution in [0.1, 0.15) is 5.56 Å². The molecule has 0 fully saturated rings. The van der Waals surface area contributed by atoms with Gasteiger partial charge in [0.15, 0.2) is 0 Å². The highest BCUT2D eigenvalue weighted by molar-refractivity contribution is 4.99. The topological polar surface area (TPSA) is 25.8 Å². The van der Waals surface area contributed by atoms with Gasteiger partial charge in [-0.25, -0.2) is 0 Å². The van der Waals surface area contributed by atoms with Crippen molar-refractivity contribution < 1.29 is 0 Å². The van der Waals surface area contributed by atoms with Gasteiger partial charge in [-0.1, -0.05) is 0 Å². The van der Waals surface area contributed by atoms with Crippen LogP contribution >= 0.6 is 0 Å². The Morgan fingerprint density at radius 3 is 2.86 bits per heavy atom. The summed E-state index contributed by atoms with van der Waals surface area (Å²) in [5.74, 6) is 0. The molecule has 0 aliphatic carbocycles. The highest BCUT2D eigenvalue weighted by Crippen LogP contribution is 1.84. The van der Waals surface area contributed by atoms with Gasteiger partial charge in [0, 0.05) is 0 Å². The largest absolute Gasteiger partial charge is 0.158 e. The summed E-state index contributed by atoms with van der Waals surface area (Å²) in [5.41, 5.74) is 1.09. The Bertz CT molecular complexity index is 136. The molecule has 0 unspecified atom stereocenters. The molecule has 0 aliphatic rings. The van der Waals surface area contributed by atoms with Gasteiger partial charge in [-0.2, -0.15) is 5.10 Å².